The predicted octanol–water partition coefficient (Wildman–Crippen LogP) is 0.931. The van der Waals surface area contributed by atoms with Crippen LogP contribution in [0.3, 0.4) is 0 Å². The fourth-order valence-electron chi connectivity index (χ4n) is 0.388. The van der Waals surface area contributed by atoms with E-state index in [4.69, 9.17) is 10.4 Å². The summed E-state index contributed by atoms with van der Waals surface area (Å²) >= 11 is 0. The van der Waals surface area contributed by atoms with Gasteiger partial charge in [-0.25, -0.2) is 0 Å². The lowest BCUT2D eigenvalue weighted by Crippen LogP contribution is -1.95. The molecule has 0 rings (SSSR count). The van der Waals surface area contributed by atoms with Gasteiger partial charge in [-0.1, -0.05) is 12.2 Å². The van der Waals surface area contributed by atoms with Gasteiger partial charge in [0.05, 0.1) is 18.9 Å². The topological polar surface area (TPSA) is 61.1 Å². The Morgan fingerprint density at radius 1 is 1.78 bits per heavy atom. The Kier molecular flexibility index (Phi) is 3.14. The summed E-state index contributed by atoms with van der Waals surface area (Å²) in [7, 11) is 0. The molecule has 0 bridgehead atoms. The number of nitriles is 1. The quantitative estimate of drug-likeness (QED) is 0.571. The number of hydrogen-bond acceptors (Lipinski definition) is 2. The van der Waals surface area contributed by atoms with Crippen LogP contribution < -0.4 is 0 Å². The Labute approximate surface area is 53.2 Å². The number of aliphatic carboxylic acids is 1. The highest BCUT2D eigenvalue weighted by atomic mass is 16.4. The smallest absolute Gasteiger partial charge is 0.307 e. The maximum atomic E-state index is 9.91. The Bertz CT molecular complexity index is 166. The largest absolute Gasteiger partial charge is 0.481 e. The minimum absolute atomic E-state index is 0.104. The molecule has 3 nitrogen and oxygen atoms in total. The van der Waals surface area contributed by atoms with Crippen molar-refractivity contribution in [3.8, 4) is 6.07 Å². The van der Waals surface area contributed by atoms with Crippen molar-refractivity contribution in [2.45, 2.75) is 12.8 Å². The van der Waals surface area contributed by atoms with E-state index in [1.807, 2.05) is 6.07 Å². The first-order valence-corrected chi connectivity index (χ1v) is 2.42. The zero-order valence-electron chi connectivity index (χ0n) is 4.92. The van der Waals surface area contributed by atoms with E-state index in [-0.39, 0.29) is 12.8 Å². The predicted molar refractivity (Wildman–Crippen MR) is 31.6 cm³/mol. The van der Waals surface area contributed by atoms with E-state index < -0.39 is 5.97 Å². The van der Waals surface area contributed by atoms with Crippen LogP contribution in [0, 0.1) is 11.3 Å². The first kappa shape index (κ1) is 7.70. The molecule has 3 heteroatoms. The Hall–Kier alpha value is -1.30. The molecular weight excluding hydrogens is 118 g/mol. The summed E-state index contributed by atoms with van der Waals surface area (Å²) in [6, 6.07) is 1.81. The average Bonchev–Trinajstić information content (AvgIpc) is 1.63. The zero-order valence-corrected chi connectivity index (χ0v) is 4.92. The molecule has 0 aromatic heterocycles. The molecule has 0 aliphatic carbocycles. The van der Waals surface area contributed by atoms with Gasteiger partial charge in [0.1, 0.15) is 0 Å². The van der Waals surface area contributed by atoms with Crippen LogP contribution in [0.1, 0.15) is 12.8 Å². The van der Waals surface area contributed by atoms with Gasteiger partial charge in [0, 0.05) is 0 Å². The summed E-state index contributed by atoms with van der Waals surface area (Å²) in [5.41, 5.74) is 0.449. The van der Waals surface area contributed by atoms with E-state index in [1.165, 1.54) is 0 Å². The fraction of sp³-hybridized carbons (Fsp3) is 0.333. The Morgan fingerprint density at radius 3 is 2.67 bits per heavy atom. The number of nitrogens with zero attached hydrogens (tertiary/aromatic N) is 1. The van der Waals surface area contributed by atoms with Gasteiger partial charge >= 0.3 is 5.97 Å². The van der Waals surface area contributed by atoms with Crippen molar-refractivity contribution < 1.29 is 9.90 Å². The summed E-state index contributed by atoms with van der Waals surface area (Å²) in [6.45, 7) is 3.38. The van der Waals surface area contributed by atoms with E-state index in [1.54, 1.807) is 0 Å². The summed E-state index contributed by atoms with van der Waals surface area (Å²) in [4.78, 5) is 9.91. The molecular formula is C6H7NO2. The van der Waals surface area contributed by atoms with Gasteiger partial charge in [0.25, 0.3) is 0 Å². The van der Waals surface area contributed by atoms with Crippen molar-refractivity contribution in [1.82, 2.24) is 0 Å². The number of carboxylic acids is 1. The van der Waals surface area contributed by atoms with E-state index in [0.29, 0.717) is 5.57 Å². The van der Waals surface area contributed by atoms with Crippen LogP contribution in [0.4, 0.5) is 0 Å². The first-order valence-electron chi connectivity index (χ1n) is 2.42. The normalized spacial score (nSPS) is 7.89. The highest BCUT2D eigenvalue weighted by Crippen LogP contribution is 2.00. The number of carbonyl (C=O) groups is 1. The molecule has 0 atom stereocenters. The maximum Gasteiger partial charge on any atom is 0.307 e. The van der Waals surface area contributed by atoms with Gasteiger partial charge in [-0.15, -0.1) is 0 Å². The van der Waals surface area contributed by atoms with E-state index in [2.05, 4.69) is 6.58 Å². The third-order valence-corrected chi connectivity index (χ3v) is 0.730. The van der Waals surface area contributed by atoms with Crippen molar-refractivity contribution >= 4 is 5.97 Å². The zero-order chi connectivity index (χ0) is 7.28. The van der Waals surface area contributed by atoms with Crippen molar-refractivity contribution in [3.63, 3.8) is 0 Å². The van der Waals surface area contributed by atoms with Gasteiger partial charge in [0.15, 0.2) is 0 Å². The third kappa shape index (κ3) is 4.56. The molecule has 0 aromatic carbocycles. The minimum Gasteiger partial charge on any atom is -0.481 e. The van der Waals surface area contributed by atoms with Crippen molar-refractivity contribution in [2.75, 3.05) is 0 Å². The summed E-state index contributed by atoms with van der Waals surface area (Å²) in [5.74, 6) is -0.935. The van der Waals surface area contributed by atoms with E-state index >= 15 is 0 Å². The second-order valence-electron chi connectivity index (χ2n) is 1.66. The molecule has 0 spiro atoms. The molecule has 1 N–H and O–H groups in total. The van der Waals surface area contributed by atoms with Crippen LogP contribution in [-0.2, 0) is 4.79 Å². The molecule has 9 heavy (non-hydrogen) atoms. The van der Waals surface area contributed by atoms with Gasteiger partial charge in [-0.05, 0) is 0 Å². The second-order valence-corrected chi connectivity index (χ2v) is 1.66. The lowest BCUT2D eigenvalue weighted by Gasteiger charge is -1.91. The molecule has 0 aromatic rings. The Morgan fingerprint density at radius 2 is 2.33 bits per heavy atom. The third-order valence-electron chi connectivity index (χ3n) is 0.730. The lowest BCUT2D eigenvalue weighted by atomic mass is 10.2. The highest BCUT2D eigenvalue weighted by Gasteiger charge is 1.98. The van der Waals surface area contributed by atoms with Crippen LogP contribution in [0.25, 0.3) is 0 Å². The number of hydrogen-bond donors (Lipinski definition) is 1. The van der Waals surface area contributed by atoms with Crippen LogP contribution in [0.5, 0.6) is 0 Å². The molecule has 48 valence electrons. The minimum atomic E-state index is -0.935. The van der Waals surface area contributed by atoms with Crippen LogP contribution in [0.2, 0.25) is 0 Å². The fourth-order valence-corrected chi connectivity index (χ4v) is 0.388. The highest BCUT2D eigenvalue weighted by molar-refractivity contribution is 5.69. The van der Waals surface area contributed by atoms with Crippen LogP contribution in [-0.4, -0.2) is 11.1 Å². The van der Waals surface area contributed by atoms with Gasteiger partial charge in [-0.3, -0.25) is 4.79 Å². The van der Waals surface area contributed by atoms with E-state index in [0.717, 1.165) is 0 Å². The monoisotopic (exact) mass is 125 g/mol. The van der Waals surface area contributed by atoms with E-state index in [9.17, 15) is 4.79 Å². The molecule has 0 radical (unpaired) electrons. The first-order chi connectivity index (χ1) is 4.16. The second kappa shape index (κ2) is 3.67. The van der Waals surface area contributed by atoms with Crippen molar-refractivity contribution in [1.29, 1.82) is 5.26 Å². The maximum absolute atomic E-state index is 9.91. The standard InChI is InChI=1S/C6H7NO2/c1-5(2-3-7)4-6(8)9/h1-2,4H2,(H,8,9). The van der Waals surface area contributed by atoms with Crippen LogP contribution in [0.15, 0.2) is 12.2 Å². The van der Waals surface area contributed by atoms with Crippen molar-refractivity contribution in [2.24, 2.45) is 0 Å². The SMILES string of the molecule is C=C(CC#N)CC(=O)O. The summed E-state index contributed by atoms with van der Waals surface area (Å²) in [5, 5.41) is 16.2. The van der Waals surface area contributed by atoms with Gasteiger partial charge in [-0.2, -0.15) is 5.26 Å². The molecule has 0 aliphatic rings. The number of rotatable bonds is 3. The molecule has 0 aliphatic heterocycles. The molecule has 0 saturated carbocycles. The molecule has 0 unspecified atom stereocenters. The van der Waals surface area contributed by atoms with Gasteiger partial charge < -0.3 is 5.11 Å². The summed E-state index contributed by atoms with van der Waals surface area (Å²) < 4.78 is 0. The molecule has 0 fully saturated rings. The van der Waals surface area contributed by atoms with Crippen LogP contribution >= 0.6 is 0 Å². The van der Waals surface area contributed by atoms with Crippen molar-refractivity contribution in [3.05, 3.63) is 12.2 Å². The number of carboxylic acid groups (broad SMARTS) is 1. The van der Waals surface area contributed by atoms with Gasteiger partial charge in [0.2, 0.25) is 0 Å². The Balaban J connectivity index is 3.54. The molecule has 0 amide bonds. The lowest BCUT2D eigenvalue weighted by molar-refractivity contribution is -0.136. The molecule has 0 heterocycles. The average molecular weight is 125 g/mol. The molecule has 0 saturated heterocycles. The summed E-state index contributed by atoms with van der Waals surface area (Å²) in [6.07, 6.45) is 0.0276.